The second-order valence-corrected chi connectivity index (χ2v) is 6.22. The molecule has 1 aromatic rings. The van der Waals surface area contributed by atoms with Gasteiger partial charge in [-0.2, -0.15) is 0 Å². The van der Waals surface area contributed by atoms with E-state index in [1.54, 1.807) is 26.0 Å². The van der Waals surface area contributed by atoms with E-state index >= 15 is 0 Å². The van der Waals surface area contributed by atoms with Crippen LogP contribution in [0.25, 0.3) is 0 Å². The molecule has 0 fully saturated rings. The van der Waals surface area contributed by atoms with Gasteiger partial charge in [0.25, 0.3) is 5.91 Å². The molecule has 0 spiro atoms. The second kappa shape index (κ2) is 9.92. The van der Waals surface area contributed by atoms with Crippen molar-refractivity contribution in [3.8, 4) is 5.75 Å². The Balaban J connectivity index is 2.30. The minimum absolute atomic E-state index is 0.0116. The molecule has 1 atom stereocenters. The Labute approximate surface area is 149 Å². The zero-order valence-corrected chi connectivity index (χ0v) is 15.4. The maximum atomic E-state index is 11.7. The smallest absolute Gasteiger partial charge is 0.321 e. The lowest BCUT2D eigenvalue weighted by atomic mass is 10.3. The molecule has 2 N–H and O–H groups in total. The first-order valence-corrected chi connectivity index (χ1v) is 8.26. The van der Waals surface area contributed by atoms with Crippen molar-refractivity contribution in [3.05, 3.63) is 28.7 Å². The number of carbonyl (C=O) groups is 3. The van der Waals surface area contributed by atoms with Crippen LogP contribution in [0.2, 0.25) is 0 Å². The summed E-state index contributed by atoms with van der Waals surface area (Å²) in [5, 5.41) is 4.61. The predicted molar refractivity (Wildman–Crippen MR) is 91.6 cm³/mol. The van der Waals surface area contributed by atoms with Crippen molar-refractivity contribution in [2.24, 2.45) is 0 Å². The molecule has 0 radical (unpaired) electrons. The molecule has 0 unspecified atom stereocenters. The third kappa shape index (κ3) is 7.96. The van der Waals surface area contributed by atoms with Gasteiger partial charge in [0.1, 0.15) is 5.75 Å². The molecular formula is C16H21BrN2O5. The molecule has 0 aromatic heterocycles. The number of halogens is 1. The highest BCUT2D eigenvalue weighted by Gasteiger charge is 2.20. The van der Waals surface area contributed by atoms with Crippen LogP contribution in [0.15, 0.2) is 28.7 Å². The fourth-order valence-electron chi connectivity index (χ4n) is 1.63. The molecule has 7 nitrogen and oxygen atoms in total. The number of urea groups is 1. The fourth-order valence-corrected chi connectivity index (χ4v) is 2.01. The number of nitrogens with one attached hydrogen (secondary N) is 2. The van der Waals surface area contributed by atoms with Gasteiger partial charge >= 0.3 is 12.0 Å². The number of hydrogen-bond donors (Lipinski definition) is 2. The van der Waals surface area contributed by atoms with Crippen LogP contribution in [-0.4, -0.2) is 36.7 Å². The molecule has 0 saturated heterocycles. The SMILES string of the molecule is CC(C)NC(=O)NC(=O)[C@@H](C)OC(=O)CCOc1cccc(Br)c1. The average molecular weight is 401 g/mol. The van der Waals surface area contributed by atoms with Crippen LogP contribution in [0.4, 0.5) is 4.79 Å². The molecule has 132 valence electrons. The van der Waals surface area contributed by atoms with E-state index in [1.807, 2.05) is 12.1 Å². The third-order valence-corrected chi connectivity index (χ3v) is 3.20. The zero-order chi connectivity index (χ0) is 18.1. The van der Waals surface area contributed by atoms with E-state index in [-0.39, 0.29) is 19.1 Å². The lowest BCUT2D eigenvalue weighted by Gasteiger charge is -2.14. The number of benzene rings is 1. The number of amides is 3. The van der Waals surface area contributed by atoms with E-state index in [0.29, 0.717) is 5.75 Å². The van der Waals surface area contributed by atoms with Crippen LogP contribution in [0.1, 0.15) is 27.2 Å². The molecule has 8 heteroatoms. The van der Waals surface area contributed by atoms with E-state index in [9.17, 15) is 14.4 Å². The van der Waals surface area contributed by atoms with Crippen molar-refractivity contribution in [1.29, 1.82) is 0 Å². The lowest BCUT2D eigenvalue weighted by Crippen LogP contribution is -2.46. The second-order valence-electron chi connectivity index (χ2n) is 5.31. The van der Waals surface area contributed by atoms with E-state index in [2.05, 4.69) is 26.6 Å². The van der Waals surface area contributed by atoms with Gasteiger partial charge < -0.3 is 14.8 Å². The van der Waals surface area contributed by atoms with E-state index in [4.69, 9.17) is 9.47 Å². The first kappa shape index (κ1) is 20.0. The Hall–Kier alpha value is -2.09. The van der Waals surface area contributed by atoms with Crippen LogP contribution in [0.3, 0.4) is 0 Å². The van der Waals surface area contributed by atoms with Crippen molar-refractivity contribution in [2.45, 2.75) is 39.3 Å². The minimum Gasteiger partial charge on any atom is -0.493 e. The number of esters is 1. The maximum absolute atomic E-state index is 11.7. The van der Waals surface area contributed by atoms with Gasteiger partial charge in [-0.25, -0.2) is 4.79 Å². The van der Waals surface area contributed by atoms with Gasteiger partial charge in [0.2, 0.25) is 0 Å². The van der Waals surface area contributed by atoms with Gasteiger partial charge in [-0.1, -0.05) is 22.0 Å². The molecule has 24 heavy (non-hydrogen) atoms. The van der Waals surface area contributed by atoms with E-state index in [1.165, 1.54) is 6.92 Å². The van der Waals surface area contributed by atoms with Crippen molar-refractivity contribution in [1.82, 2.24) is 10.6 Å². The van der Waals surface area contributed by atoms with Gasteiger partial charge in [-0.05, 0) is 39.0 Å². The van der Waals surface area contributed by atoms with Gasteiger partial charge in [0.15, 0.2) is 6.10 Å². The largest absolute Gasteiger partial charge is 0.493 e. The summed E-state index contributed by atoms with van der Waals surface area (Å²) >= 11 is 3.32. The summed E-state index contributed by atoms with van der Waals surface area (Å²) < 4.78 is 11.2. The average Bonchev–Trinajstić information content (AvgIpc) is 2.46. The lowest BCUT2D eigenvalue weighted by molar-refractivity contribution is -0.154. The minimum atomic E-state index is -1.07. The summed E-state index contributed by atoms with van der Waals surface area (Å²) in [6.07, 6.45) is -1.08. The summed E-state index contributed by atoms with van der Waals surface area (Å²) in [5.41, 5.74) is 0. The van der Waals surface area contributed by atoms with E-state index < -0.39 is 24.0 Å². The van der Waals surface area contributed by atoms with Gasteiger partial charge in [0, 0.05) is 10.5 Å². The highest BCUT2D eigenvalue weighted by atomic mass is 79.9. The summed E-state index contributed by atoms with van der Waals surface area (Å²) in [6.45, 7) is 5.04. The Morgan fingerprint density at radius 1 is 1.21 bits per heavy atom. The monoisotopic (exact) mass is 400 g/mol. The summed E-state index contributed by atoms with van der Waals surface area (Å²) in [7, 11) is 0. The third-order valence-electron chi connectivity index (χ3n) is 2.70. The van der Waals surface area contributed by atoms with Crippen molar-refractivity contribution in [2.75, 3.05) is 6.61 Å². The molecule has 1 rings (SSSR count). The molecule has 0 saturated carbocycles. The molecule has 0 aliphatic rings. The van der Waals surface area contributed by atoms with Crippen LogP contribution >= 0.6 is 15.9 Å². The van der Waals surface area contributed by atoms with E-state index in [0.717, 1.165) is 4.47 Å². The summed E-state index contributed by atoms with van der Waals surface area (Å²) in [4.78, 5) is 34.8. The van der Waals surface area contributed by atoms with Crippen LogP contribution in [0.5, 0.6) is 5.75 Å². The van der Waals surface area contributed by atoms with Crippen molar-refractivity contribution in [3.63, 3.8) is 0 Å². The Morgan fingerprint density at radius 2 is 1.92 bits per heavy atom. The molecule has 0 aliphatic heterocycles. The zero-order valence-electron chi connectivity index (χ0n) is 13.8. The van der Waals surface area contributed by atoms with Crippen molar-refractivity contribution >= 4 is 33.8 Å². The first-order chi connectivity index (χ1) is 11.3. The number of hydrogen-bond acceptors (Lipinski definition) is 5. The summed E-state index contributed by atoms with van der Waals surface area (Å²) in [6, 6.07) is 6.47. The topological polar surface area (TPSA) is 93.7 Å². The number of rotatable bonds is 7. The molecule has 1 aromatic carbocycles. The Kier molecular flexibility index (Phi) is 8.25. The van der Waals surface area contributed by atoms with Crippen molar-refractivity contribution < 1.29 is 23.9 Å². The number of ether oxygens (including phenoxy) is 2. The van der Waals surface area contributed by atoms with Crippen LogP contribution < -0.4 is 15.4 Å². The molecular weight excluding hydrogens is 380 g/mol. The molecule has 3 amide bonds. The fraction of sp³-hybridized carbons (Fsp3) is 0.438. The standard InChI is InChI=1S/C16H21BrN2O5/c1-10(2)18-16(22)19-15(21)11(3)24-14(20)7-8-23-13-6-4-5-12(17)9-13/h4-6,9-11H,7-8H2,1-3H3,(H2,18,19,21,22)/t11-/m1/s1. The summed E-state index contributed by atoms with van der Waals surface area (Å²) in [5.74, 6) is -0.653. The predicted octanol–water partition coefficient (Wildman–Crippen LogP) is 2.38. The Bertz CT molecular complexity index is 592. The maximum Gasteiger partial charge on any atom is 0.321 e. The normalized spacial score (nSPS) is 11.5. The number of carbonyl (C=O) groups excluding carboxylic acids is 3. The first-order valence-electron chi connectivity index (χ1n) is 7.47. The molecule has 0 aliphatic carbocycles. The van der Waals surface area contributed by atoms with Gasteiger partial charge in [-0.15, -0.1) is 0 Å². The number of imide groups is 1. The highest BCUT2D eigenvalue weighted by molar-refractivity contribution is 9.10. The van der Waals surface area contributed by atoms with Gasteiger partial charge in [-0.3, -0.25) is 14.9 Å². The van der Waals surface area contributed by atoms with Crippen LogP contribution in [0, 0.1) is 0 Å². The molecule has 0 heterocycles. The van der Waals surface area contributed by atoms with Gasteiger partial charge in [0.05, 0.1) is 13.0 Å². The van der Waals surface area contributed by atoms with Crippen LogP contribution in [-0.2, 0) is 14.3 Å². The Morgan fingerprint density at radius 3 is 2.54 bits per heavy atom. The highest BCUT2D eigenvalue weighted by Crippen LogP contribution is 2.17. The quantitative estimate of drug-likeness (QED) is 0.685. The molecule has 0 bridgehead atoms.